The van der Waals surface area contributed by atoms with Gasteiger partial charge in [-0.1, -0.05) is 0 Å². The number of nitrogens with zero attached hydrogens (tertiary/aromatic N) is 4. The summed E-state index contributed by atoms with van der Waals surface area (Å²) in [5.74, 6) is 1.33. The van der Waals surface area contributed by atoms with Crippen LogP contribution in [0, 0.1) is 11.8 Å². The number of aliphatic hydroxyl groups excluding tert-OH is 1. The van der Waals surface area contributed by atoms with Gasteiger partial charge in [0.2, 0.25) is 0 Å². The molecule has 9 heteroatoms. The smallest absolute Gasteiger partial charge is 0.303 e. The minimum atomic E-state index is -0.751. The maximum absolute atomic E-state index is 11.6. The number of carboxylic acid groups (broad SMARTS) is 1. The van der Waals surface area contributed by atoms with Crippen molar-refractivity contribution in [3.05, 3.63) is 54.7 Å². The van der Waals surface area contributed by atoms with Gasteiger partial charge < -0.3 is 19.8 Å². The monoisotopic (exact) mass is 510 g/mol. The van der Waals surface area contributed by atoms with Crippen molar-refractivity contribution in [3.63, 3.8) is 0 Å². The molecule has 2 N–H and O–H groups in total. The SMILES string of the molecule is COc1ccc2nccc([C@@H](O)CC[C@@H]3CCN(CCCSc4cncnc4)C[C@@H]3CC(=O)O)c2c1. The van der Waals surface area contributed by atoms with Crippen LogP contribution in [-0.4, -0.2) is 68.5 Å². The summed E-state index contributed by atoms with van der Waals surface area (Å²) in [4.78, 5) is 27.6. The summed E-state index contributed by atoms with van der Waals surface area (Å²) in [6, 6.07) is 7.54. The Morgan fingerprint density at radius 3 is 2.86 bits per heavy atom. The van der Waals surface area contributed by atoms with Gasteiger partial charge in [-0.15, -0.1) is 11.8 Å². The molecule has 1 saturated heterocycles. The van der Waals surface area contributed by atoms with Crippen molar-refractivity contribution in [2.24, 2.45) is 11.8 Å². The molecule has 0 radical (unpaired) electrons. The highest BCUT2D eigenvalue weighted by Gasteiger charge is 2.31. The van der Waals surface area contributed by atoms with Gasteiger partial charge in [0.05, 0.1) is 18.7 Å². The molecule has 1 fully saturated rings. The number of piperidine rings is 1. The lowest BCUT2D eigenvalue weighted by Gasteiger charge is -2.38. The molecule has 0 bridgehead atoms. The van der Waals surface area contributed by atoms with Gasteiger partial charge in [-0.2, -0.15) is 0 Å². The van der Waals surface area contributed by atoms with Gasteiger partial charge in [-0.05, 0) is 86.2 Å². The summed E-state index contributed by atoms with van der Waals surface area (Å²) in [7, 11) is 1.62. The third kappa shape index (κ3) is 7.15. The molecule has 0 spiro atoms. The van der Waals surface area contributed by atoms with Gasteiger partial charge in [0.15, 0.2) is 0 Å². The van der Waals surface area contributed by atoms with E-state index in [0.717, 1.165) is 71.8 Å². The van der Waals surface area contributed by atoms with Crippen LogP contribution in [0.25, 0.3) is 10.9 Å². The number of carbonyl (C=O) groups is 1. The maximum atomic E-state index is 11.6. The van der Waals surface area contributed by atoms with E-state index in [4.69, 9.17) is 4.74 Å². The van der Waals surface area contributed by atoms with Crippen LogP contribution < -0.4 is 4.74 Å². The Balaban J connectivity index is 1.31. The van der Waals surface area contributed by atoms with Crippen LogP contribution in [0.4, 0.5) is 0 Å². The first-order valence-electron chi connectivity index (χ1n) is 12.5. The van der Waals surface area contributed by atoms with E-state index in [2.05, 4.69) is 19.9 Å². The summed E-state index contributed by atoms with van der Waals surface area (Å²) in [6.07, 6.45) is 9.81. The third-order valence-electron chi connectivity index (χ3n) is 6.99. The Kier molecular flexibility index (Phi) is 9.49. The molecule has 36 heavy (non-hydrogen) atoms. The van der Waals surface area contributed by atoms with Crippen LogP contribution in [0.2, 0.25) is 0 Å². The number of pyridine rings is 1. The van der Waals surface area contributed by atoms with E-state index in [0.29, 0.717) is 6.42 Å². The standard InChI is InChI=1S/C27H34N4O4S/c1-35-21-4-5-25-24(14-21)23(7-9-30-25)26(32)6-3-19-8-11-31(17-20(19)13-27(33)34)10-2-12-36-22-15-28-18-29-16-22/h4-5,7,9,14-16,18-20,26,32H,2-3,6,8,10-13,17H2,1H3,(H,33,34)/t19-,20+,26+/m1/s1. The summed E-state index contributed by atoms with van der Waals surface area (Å²) in [6.45, 7) is 2.71. The average molecular weight is 511 g/mol. The molecule has 1 aromatic carbocycles. The number of thioether (sulfide) groups is 1. The first-order chi connectivity index (χ1) is 17.5. The molecule has 3 heterocycles. The van der Waals surface area contributed by atoms with Crippen LogP contribution in [0.3, 0.4) is 0 Å². The minimum Gasteiger partial charge on any atom is -0.497 e. The van der Waals surface area contributed by atoms with E-state index in [9.17, 15) is 15.0 Å². The number of aliphatic carboxylic acids is 1. The zero-order valence-corrected chi connectivity index (χ0v) is 21.4. The molecule has 0 saturated carbocycles. The van der Waals surface area contributed by atoms with Crippen molar-refractivity contribution in [1.29, 1.82) is 0 Å². The van der Waals surface area contributed by atoms with Crippen LogP contribution in [0.15, 0.2) is 54.1 Å². The summed E-state index contributed by atoms with van der Waals surface area (Å²) >= 11 is 1.75. The number of aromatic nitrogens is 3. The molecule has 2 aromatic heterocycles. The van der Waals surface area contributed by atoms with Crippen molar-refractivity contribution in [1.82, 2.24) is 19.9 Å². The Morgan fingerprint density at radius 1 is 1.25 bits per heavy atom. The number of rotatable bonds is 12. The van der Waals surface area contributed by atoms with Crippen LogP contribution in [0.1, 0.15) is 43.8 Å². The lowest BCUT2D eigenvalue weighted by Crippen LogP contribution is -2.42. The second-order valence-corrected chi connectivity index (χ2v) is 10.5. The highest BCUT2D eigenvalue weighted by Crippen LogP contribution is 2.35. The number of likely N-dealkylation sites (tertiary alicyclic amines) is 1. The summed E-state index contributed by atoms with van der Waals surface area (Å²) < 4.78 is 5.35. The molecule has 8 nitrogen and oxygen atoms in total. The van der Waals surface area contributed by atoms with Gasteiger partial charge in [0.25, 0.3) is 0 Å². The zero-order chi connectivity index (χ0) is 25.3. The van der Waals surface area contributed by atoms with Crippen molar-refractivity contribution >= 4 is 28.6 Å². The van der Waals surface area contributed by atoms with Crippen LogP contribution in [-0.2, 0) is 4.79 Å². The average Bonchev–Trinajstić information content (AvgIpc) is 2.90. The number of hydrogen-bond donors (Lipinski definition) is 2. The summed E-state index contributed by atoms with van der Waals surface area (Å²) in [5, 5.41) is 21.5. The summed E-state index contributed by atoms with van der Waals surface area (Å²) in [5.41, 5.74) is 1.66. The lowest BCUT2D eigenvalue weighted by atomic mass is 9.79. The Morgan fingerprint density at radius 2 is 2.08 bits per heavy atom. The predicted octanol–water partition coefficient (Wildman–Crippen LogP) is 4.44. The molecule has 3 aromatic rings. The molecule has 0 amide bonds. The van der Waals surface area contributed by atoms with E-state index < -0.39 is 12.1 Å². The van der Waals surface area contributed by atoms with E-state index in [-0.39, 0.29) is 18.3 Å². The third-order valence-corrected chi connectivity index (χ3v) is 8.03. The van der Waals surface area contributed by atoms with Gasteiger partial charge in [0, 0.05) is 41.8 Å². The Labute approximate surface area is 216 Å². The first-order valence-corrected chi connectivity index (χ1v) is 13.4. The molecular formula is C27H34N4O4S. The molecule has 0 unspecified atom stereocenters. The second kappa shape index (κ2) is 13.0. The van der Waals surface area contributed by atoms with Crippen molar-refractivity contribution in [2.75, 3.05) is 32.5 Å². The van der Waals surface area contributed by atoms with Gasteiger partial charge in [-0.25, -0.2) is 9.97 Å². The van der Waals surface area contributed by atoms with Gasteiger partial charge >= 0.3 is 5.97 Å². The van der Waals surface area contributed by atoms with Crippen molar-refractivity contribution in [2.45, 2.75) is 43.1 Å². The zero-order valence-electron chi connectivity index (χ0n) is 20.6. The van der Waals surface area contributed by atoms with E-state index >= 15 is 0 Å². The van der Waals surface area contributed by atoms with E-state index in [1.807, 2.05) is 36.7 Å². The second-order valence-electron chi connectivity index (χ2n) is 9.36. The fourth-order valence-electron chi connectivity index (χ4n) is 5.12. The molecule has 1 aliphatic heterocycles. The van der Waals surface area contributed by atoms with E-state index in [1.54, 1.807) is 25.1 Å². The van der Waals surface area contributed by atoms with E-state index in [1.165, 1.54) is 6.33 Å². The van der Waals surface area contributed by atoms with Crippen LogP contribution in [0.5, 0.6) is 5.75 Å². The Hall–Kier alpha value is -2.75. The molecule has 1 aliphatic rings. The first kappa shape index (κ1) is 26.3. The molecule has 0 aliphatic carbocycles. The number of aliphatic hydroxyl groups is 1. The molecular weight excluding hydrogens is 476 g/mol. The molecule has 4 rings (SSSR count). The van der Waals surface area contributed by atoms with Crippen molar-refractivity contribution < 1.29 is 19.7 Å². The van der Waals surface area contributed by atoms with Crippen molar-refractivity contribution in [3.8, 4) is 5.75 Å². The number of fused-ring (bicyclic) bond motifs is 1. The quantitative estimate of drug-likeness (QED) is 0.270. The fourth-order valence-corrected chi connectivity index (χ4v) is 5.90. The number of methoxy groups -OCH3 is 1. The minimum absolute atomic E-state index is 0.0907. The lowest BCUT2D eigenvalue weighted by molar-refractivity contribution is -0.139. The largest absolute Gasteiger partial charge is 0.497 e. The highest BCUT2D eigenvalue weighted by atomic mass is 32.2. The number of hydrogen-bond acceptors (Lipinski definition) is 8. The molecule has 192 valence electrons. The number of benzene rings is 1. The number of carboxylic acids is 1. The number of ether oxygens (including phenoxy) is 1. The van der Waals surface area contributed by atoms with Gasteiger partial charge in [0.1, 0.15) is 12.1 Å². The maximum Gasteiger partial charge on any atom is 0.303 e. The topological polar surface area (TPSA) is 109 Å². The highest BCUT2D eigenvalue weighted by molar-refractivity contribution is 7.99. The van der Waals surface area contributed by atoms with Gasteiger partial charge in [-0.3, -0.25) is 9.78 Å². The Bertz CT molecular complexity index is 1130. The van der Waals surface area contributed by atoms with Crippen LogP contribution >= 0.6 is 11.8 Å². The normalized spacial score (nSPS) is 19.3. The molecule has 3 atom stereocenters. The fraction of sp³-hybridized carbons (Fsp3) is 0.481. The predicted molar refractivity (Wildman–Crippen MR) is 140 cm³/mol.